The van der Waals surface area contributed by atoms with E-state index >= 15 is 0 Å². The van der Waals surface area contributed by atoms with Crippen LogP contribution in [0.1, 0.15) is 33.1 Å². The molecule has 2 atom stereocenters. The van der Waals surface area contributed by atoms with Gasteiger partial charge in [-0.05, 0) is 25.2 Å². The first-order valence-corrected chi connectivity index (χ1v) is 6.74. The molecular formula is C13H24N2O4. The number of carboxylic acids is 1. The van der Waals surface area contributed by atoms with Crippen LogP contribution in [0.3, 0.4) is 0 Å². The number of carbonyl (C=O) groups is 2. The fourth-order valence-corrected chi connectivity index (χ4v) is 2.45. The van der Waals surface area contributed by atoms with Crippen molar-refractivity contribution in [2.75, 3.05) is 20.2 Å². The summed E-state index contributed by atoms with van der Waals surface area (Å²) in [6.07, 6.45) is 2.87. The zero-order valence-electron chi connectivity index (χ0n) is 11.9. The average Bonchev–Trinajstić information content (AvgIpc) is 2.74. The fraction of sp³-hybridized carbons (Fsp3) is 0.846. The van der Waals surface area contributed by atoms with Crippen molar-refractivity contribution < 1.29 is 19.4 Å². The number of urea groups is 1. The van der Waals surface area contributed by atoms with Gasteiger partial charge in [0.25, 0.3) is 0 Å². The van der Waals surface area contributed by atoms with Gasteiger partial charge in [-0.15, -0.1) is 0 Å². The Bertz CT molecular complexity index is 320. The van der Waals surface area contributed by atoms with Gasteiger partial charge in [0, 0.05) is 13.7 Å². The summed E-state index contributed by atoms with van der Waals surface area (Å²) in [5.41, 5.74) is 0. The predicted molar refractivity (Wildman–Crippen MR) is 71.0 cm³/mol. The molecule has 0 aromatic carbocycles. The van der Waals surface area contributed by atoms with Crippen molar-refractivity contribution >= 4 is 12.0 Å². The molecule has 0 aromatic heterocycles. The molecule has 19 heavy (non-hydrogen) atoms. The van der Waals surface area contributed by atoms with Crippen molar-refractivity contribution in [2.24, 2.45) is 5.92 Å². The monoisotopic (exact) mass is 272 g/mol. The van der Waals surface area contributed by atoms with Crippen molar-refractivity contribution in [1.29, 1.82) is 0 Å². The number of hydrogen-bond acceptors (Lipinski definition) is 3. The highest BCUT2D eigenvalue weighted by Gasteiger charge is 2.30. The van der Waals surface area contributed by atoms with E-state index in [1.54, 1.807) is 7.11 Å². The number of hydrogen-bond donors (Lipinski definition) is 2. The Morgan fingerprint density at radius 3 is 2.63 bits per heavy atom. The van der Waals surface area contributed by atoms with Gasteiger partial charge in [-0.2, -0.15) is 0 Å². The lowest BCUT2D eigenvalue weighted by atomic mass is 10.2. The average molecular weight is 272 g/mol. The highest BCUT2D eigenvalue weighted by Crippen LogP contribution is 2.21. The summed E-state index contributed by atoms with van der Waals surface area (Å²) >= 11 is 0. The molecular weight excluding hydrogens is 248 g/mol. The van der Waals surface area contributed by atoms with Crippen molar-refractivity contribution in [3.8, 4) is 0 Å². The van der Waals surface area contributed by atoms with E-state index in [4.69, 9.17) is 9.84 Å². The number of amides is 2. The van der Waals surface area contributed by atoms with E-state index in [9.17, 15) is 9.59 Å². The summed E-state index contributed by atoms with van der Waals surface area (Å²) in [5, 5.41) is 11.7. The maximum absolute atomic E-state index is 12.1. The van der Waals surface area contributed by atoms with Crippen molar-refractivity contribution in [1.82, 2.24) is 10.2 Å². The minimum atomic E-state index is -0.995. The second-order valence-corrected chi connectivity index (χ2v) is 5.43. The Morgan fingerprint density at radius 2 is 2.11 bits per heavy atom. The summed E-state index contributed by atoms with van der Waals surface area (Å²) in [6, 6.07) is -0.328. The standard InChI is InChI=1S/C13H24N2O4/c1-9(2)7-15(8-12(16)17)13(18)14-10-5-4-6-11(10)19-3/h9-11H,4-8H2,1-3H3,(H,14,18)(H,16,17). The van der Waals surface area contributed by atoms with Gasteiger partial charge in [0.05, 0.1) is 12.1 Å². The Morgan fingerprint density at radius 1 is 1.42 bits per heavy atom. The number of carboxylic acid groups (broad SMARTS) is 1. The summed E-state index contributed by atoms with van der Waals surface area (Å²) in [6.45, 7) is 4.07. The highest BCUT2D eigenvalue weighted by atomic mass is 16.5. The van der Waals surface area contributed by atoms with Crippen LogP contribution in [-0.2, 0) is 9.53 Å². The van der Waals surface area contributed by atoms with Gasteiger partial charge in [0.1, 0.15) is 6.54 Å². The van der Waals surface area contributed by atoms with Crippen LogP contribution >= 0.6 is 0 Å². The van der Waals surface area contributed by atoms with E-state index in [0.29, 0.717) is 6.54 Å². The lowest BCUT2D eigenvalue weighted by Gasteiger charge is -2.27. The van der Waals surface area contributed by atoms with Gasteiger partial charge < -0.3 is 20.1 Å². The summed E-state index contributed by atoms with van der Waals surface area (Å²) in [5.74, 6) is -0.766. The minimum absolute atomic E-state index is 0.0130. The van der Waals surface area contributed by atoms with Crippen LogP contribution in [-0.4, -0.2) is 54.4 Å². The Hall–Kier alpha value is -1.30. The van der Waals surface area contributed by atoms with Gasteiger partial charge in [0.2, 0.25) is 0 Å². The normalized spacial score (nSPS) is 22.5. The van der Waals surface area contributed by atoms with Gasteiger partial charge in [-0.3, -0.25) is 4.79 Å². The molecule has 1 aliphatic carbocycles. The summed E-state index contributed by atoms with van der Waals surface area (Å²) in [7, 11) is 1.64. The van der Waals surface area contributed by atoms with Gasteiger partial charge in [-0.1, -0.05) is 13.8 Å². The van der Waals surface area contributed by atoms with E-state index < -0.39 is 5.97 Å². The maximum atomic E-state index is 12.1. The SMILES string of the molecule is COC1CCCC1NC(=O)N(CC(=O)O)CC(C)C. The number of ether oxygens (including phenoxy) is 1. The Balaban J connectivity index is 2.57. The van der Waals surface area contributed by atoms with Crippen molar-refractivity contribution in [3.63, 3.8) is 0 Å². The van der Waals surface area contributed by atoms with Crippen LogP contribution in [0.25, 0.3) is 0 Å². The molecule has 0 radical (unpaired) electrons. The summed E-state index contributed by atoms with van der Waals surface area (Å²) < 4.78 is 5.32. The van der Waals surface area contributed by atoms with E-state index in [-0.39, 0.29) is 30.6 Å². The lowest BCUT2D eigenvalue weighted by Crippen LogP contribution is -2.50. The molecule has 2 unspecified atom stereocenters. The number of nitrogens with one attached hydrogen (secondary N) is 1. The second kappa shape index (κ2) is 7.33. The van der Waals surface area contributed by atoms with Crippen molar-refractivity contribution in [2.45, 2.75) is 45.3 Å². The topological polar surface area (TPSA) is 78.9 Å². The number of rotatable bonds is 6. The molecule has 1 aliphatic rings. The molecule has 6 heteroatoms. The van der Waals surface area contributed by atoms with E-state index in [1.165, 1.54) is 4.90 Å². The third kappa shape index (κ3) is 5.06. The van der Waals surface area contributed by atoms with Crippen LogP contribution < -0.4 is 5.32 Å². The largest absolute Gasteiger partial charge is 0.480 e. The zero-order chi connectivity index (χ0) is 14.4. The quantitative estimate of drug-likeness (QED) is 0.764. The van der Waals surface area contributed by atoms with E-state index in [1.807, 2.05) is 13.8 Å². The number of carbonyl (C=O) groups excluding carboxylic acids is 1. The number of aliphatic carboxylic acids is 1. The van der Waals surface area contributed by atoms with Crippen LogP contribution in [0.15, 0.2) is 0 Å². The highest BCUT2D eigenvalue weighted by molar-refractivity contribution is 5.80. The molecule has 110 valence electrons. The molecule has 0 saturated heterocycles. The molecule has 1 rings (SSSR count). The molecule has 0 aliphatic heterocycles. The van der Waals surface area contributed by atoms with Gasteiger partial charge >= 0.3 is 12.0 Å². The first-order chi connectivity index (χ1) is 8.93. The zero-order valence-corrected chi connectivity index (χ0v) is 11.9. The number of nitrogens with zero attached hydrogens (tertiary/aromatic N) is 1. The van der Waals surface area contributed by atoms with Crippen molar-refractivity contribution in [3.05, 3.63) is 0 Å². The smallest absolute Gasteiger partial charge is 0.323 e. The van der Waals surface area contributed by atoms with Crippen LogP contribution in [0, 0.1) is 5.92 Å². The molecule has 0 spiro atoms. The van der Waals surface area contributed by atoms with Crippen LogP contribution in [0.4, 0.5) is 4.79 Å². The molecule has 1 fully saturated rings. The molecule has 0 aromatic rings. The van der Waals surface area contributed by atoms with Crippen LogP contribution in [0.2, 0.25) is 0 Å². The molecule has 0 heterocycles. The lowest BCUT2D eigenvalue weighted by molar-refractivity contribution is -0.137. The molecule has 2 N–H and O–H groups in total. The number of methoxy groups -OCH3 is 1. The van der Waals surface area contributed by atoms with Gasteiger partial charge in [0.15, 0.2) is 0 Å². The first kappa shape index (κ1) is 15.8. The third-order valence-electron chi connectivity index (χ3n) is 3.26. The summed E-state index contributed by atoms with van der Waals surface area (Å²) in [4.78, 5) is 24.3. The molecule has 0 bridgehead atoms. The minimum Gasteiger partial charge on any atom is -0.480 e. The molecule has 2 amide bonds. The maximum Gasteiger partial charge on any atom is 0.323 e. The van der Waals surface area contributed by atoms with E-state index in [2.05, 4.69) is 5.32 Å². The van der Waals surface area contributed by atoms with Gasteiger partial charge in [-0.25, -0.2) is 4.79 Å². The third-order valence-corrected chi connectivity index (χ3v) is 3.26. The second-order valence-electron chi connectivity index (χ2n) is 5.43. The Kier molecular flexibility index (Phi) is 6.08. The Labute approximate surface area is 114 Å². The first-order valence-electron chi connectivity index (χ1n) is 6.74. The van der Waals surface area contributed by atoms with Crippen LogP contribution in [0.5, 0.6) is 0 Å². The predicted octanol–water partition coefficient (Wildman–Crippen LogP) is 1.31. The molecule has 1 saturated carbocycles. The fourth-order valence-electron chi connectivity index (χ4n) is 2.45. The van der Waals surface area contributed by atoms with E-state index in [0.717, 1.165) is 19.3 Å². The molecule has 6 nitrogen and oxygen atoms in total.